The summed E-state index contributed by atoms with van der Waals surface area (Å²) < 4.78 is 12.5. The summed E-state index contributed by atoms with van der Waals surface area (Å²) in [5.41, 5.74) is 1.73. The molecule has 1 N–H and O–H groups in total. The van der Waals surface area contributed by atoms with Crippen molar-refractivity contribution >= 4 is 5.91 Å². The van der Waals surface area contributed by atoms with E-state index < -0.39 is 0 Å². The van der Waals surface area contributed by atoms with Gasteiger partial charge in [-0.25, -0.2) is 0 Å². The van der Waals surface area contributed by atoms with Crippen molar-refractivity contribution in [3.8, 4) is 17.3 Å². The molecule has 0 aliphatic carbocycles. The van der Waals surface area contributed by atoms with E-state index in [0.717, 1.165) is 17.0 Å². The topological polar surface area (TPSA) is 82.2 Å². The monoisotopic (exact) mass is 340 g/mol. The summed E-state index contributed by atoms with van der Waals surface area (Å²) in [7, 11) is 1.62. The van der Waals surface area contributed by atoms with E-state index in [2.05, 4.69) is 15.5 Å². The van der Waals surface area contributed by atoms with Crippen LogP contribution >= 0.6 is 0 Å². The van der Waals surface area contributed by atoms with Crippen molar-refractivity contribution in [2.45, 2.75) is 26.4 Å². The highest BCUT2D eigenvalue weighted by Crippen LogP contribution is 2.19. The number of ether oxygens (including phenoxy) is 1. The molecule has 0 aliphatic rings. The molecule has 0 radical (unpaired) electrons. The zero-order chi connectivity index (χ0) is 17.6. The Hall–Kier alpha value is -3.09. The van der Waals surface area contributed by atoms with Crippen LogP contribution in [0.4, 0.5) is 0 Å². The third-order valence-corrected chi connectivity index (χ3v) is 3.78. The predicted octanol–water partition coefficient (Wildman–Crippen LogP) is 2.43. The van der Waals surface area contributed by atoms with Crippen LogP contribution in [0.3, 0.4) is 0 Å². The molecular weight excluding hydrogens is 320 g/mol. The lowest BCUT2D eigenvalue weighted by Gasteiger charge is -2.09. The van der Waals surface area contributed by atoms with Crippen LogP contribution in [-0.2, 0) is 24.3 Å². The second kappa shape index (κ2) is 7.65. The molecule has 7 nitrogen and oxygen atoms in total. The fourth-order valence-electron chi connectivity index (χ4n) is 2.40. The molecule has 25 heavy (non-hydrogen) atoms. The molecule has 7 heteroatoms. The van der Waals surface area contributed by atoms with Crippen molar-refractivity contribution in [1.29, 1.82) is 0 Å². The number of aryl methyl sites for hydroxylation is 1. The van der Waals surface area contributed by atoms with Gasteiger partial charge in [0.25, 0.3) is 5.89 Å². The molecule has 0 atom stereocenters. The fraction of sp³-hybridized carbons (Fsp3) is 0.278. The summed E-state index contributed by atoms with van der Waals surface area (Å²) in [5, 5.41) is 10.9. The standard InChI is InChI=1S/C18H20N4O3/c1-3-17-20-21-18(25-17)15-5-4-10-22(15)12-16(23)19-11-13-6-8-14(24-2)9-7-13/h4-10H,3,11-12H2,1-2H3,(H,19,23). The lowest BCUT2D eigenvalue weighted by Crippen LogP contribution is -2.27. The second-order valence-corrected chi connectivity index (χ2v) is 5.50. The van der Waals surface area contributed by atoms with Gasteiger partial charge in [-0.2, -0.15) is 0 Å². The van der Waals surface area contributed by atoms with Gasteiger partial charge in [-0.1, -0.05) is 19.1 Å². The number of hydrogen-bond donors (Lipinski definition) is 1. The van der Waals surface area contributed by atoms with E-state index in [1.807, 2.05) is 49.5 Å². The van der Waals surface area contributed by atoms with Gasteiger partial charge in [0.1, 0.15) is 18.0 Å². The minimum absolute atomic E-state index is 0.0940. The molecule has 2 aromatic heterocycles. The number of nitrogens with one attached hydrogen (secondary N) is 1. The summed E-state index contributed by atoms with van der Waals surface area (Å²) in [5.74, 6) is 1.69. The van der Waals surface area contributed by atoms with Crippen molar-refractivity contribution in [2.24, 2.45) is 0 Å². The Morgan fingerprint density at radius 2 is 2.04 bits per heavy atom. The highest BCUT2D eigenvalue weighted by atomic mass is 16.5. The number of hydrogen-bond acceptors (Lipinski definition) is 5. The molecule has 1 aromatic carbocycles. The molecule has 3 rings (SSSR count). The first-order valence-corrected chi connectivity index (χ1v) is 8.07. The Labute approximate surface area is 145 Å². The van der Waals surface area contributed by atoms with E-state index in [-0.39, 0.29) is 12.5 Å². The van der Waals surface area contributed by atoms with Crippen molar-refractivity contribution in [1.82, 2.24) is 20.1 Å². The first-order valence-electron chi connectivity index (χ1n) is 8.07. The highest BCUT2D eigenvalue weighted by molar-refractivity contribution is 5.76. The molecule has 0 saturated heterocycles. The normalized spacial score (nSPS) is 10.6. The van der Waals surface area contributed by atoms with Gasteiger partial charge < -0.3 is 19.0 Å². The summed E-state index contributed by atoms with van der Waals surface area (Å²) in [6, 6.07) is 11.3. The van der Waals surface area contributed by atoms with Crippen LogP contribution in [0.2, 0.25) is 0 Å². The third-order valence-electron chi connectivity index (χ3n) is 3.78. The molecule has 3 aromatic rings. The number of rotatable bonds is 7. The number of carbonyl (C=O) groups excluding carboxylic acids is 1. The van der Waals surface area contributed by atoms with Crippen LogP contribution < -0.4 is 10.1 Å². The number of benzene rings is 1. The van der Waals surface area contributed by atoms with Gasteiger partial charge in [0.2, 0.25) is 11.8 Å². The van der Waals surface area contributed by atoms with Crippen LogP contribution in [0.25, 0.3) is 11.6 Å². The molecule has 0 saturated carbocycles. The Morgan fingerprint density at radius 1 is 1.24 bits per heavy atom. The first kappa shape index (κ1) is 16.8. The Bertz CT molecular complexity index is 836. The molecule has 0 bridgehead atoms. The predicted molar refractivity (Wildman–Crippen MR) is 91.9 cm³/mol. The van der Waals surface area contributed by atoms with Crippen LogP contribution in [0, 0.1) is 0 Å². The SMILES string of the molecule is CCc1nnc(-c2cccn2CC(=O)NCc2ccc(OC)cc2)o1. The van der Waals surface area contributed by atoms with E-state index in [4.69, 9.17) is 9.15 Å². The largest absolute Gasteiger partial charge is 0.497 e. The molecule has 0 unspecified atom stereocenters. The second-order valence-electron chi connectivity index (χ2n) is 5.50. The molecule has 2 heterocycles. The maximum absolute atomic E-state index is 12.2. The molecule has 130 valence electrons. The van der Waals surface area contributed by atoms with Crippen molar-refractivity contribution < 1.29 is 13.9 Å². The summed E-state index contributed by atoms with van der Waals surface area (Å²) in [4.78, 5) is 12.2. The molecule has 0 fully saturated rings. The van der Waals surface area contributed by atoms with Gasteiger partial charge in [-0.05, 0) is 29.8 Å². The van der Waals surface area contributed by atoms with Gasteiger partial charge in [0, 0.05) is 19.2 Å². The van der Waals surface area contributed by atoms with Crippen LogP contribution in [-0.4, -0.2) is 27.8 Å². The van der Waals surface area contributed by atoms with Crippen molar-refractivity contribution in [3.63, 3.8) is 0 Å². The average molecular weight is 340 g/mol. The Balaban J connectivity index is 1.60. The fourth-order valence-corrected chi connectivity index (χ4v) is 2.40. The Kier molecular flexibility index (Phi) is 5.13. The summed E-state index contributed by atoms with van der Waals surface area (Å²) in [6.07, 6.45) is 2.49. The van der Waals surface area contributed by atoms with Gasteiger partial charge in [-0.3, -0.25) is 4.79 Å². The minimum Gasteiger partial charge on any atom is -0.497 e. The summed E-state index contributed by atoms with van der Waals surface area (Å²) >= 11 is 0. The number of aromatic nitrogens is 3. The van der Waals surface area contributed by atoms with E-state index in [1.165, 1.54) is 0 Å². The molecule has 0 spiro atoms. The molecular formula is C18H20N4O3. The van der Waals surface area contributed by atoms with Crippen LogP contribution in [0.1, 0.15) is 18.4 Å². The molecule has 0 aliphatic heterocycles. The summed E-state index contributed by atoms with van der Waals surface area (Å²) in [6.45, 7) is 2.59. The van der Waals surface area contributed by atoms with E-state index >= 15 is 0 Å². The van der Waals surface area contributed by atoms with E-state index in [1.54, 1.807) is 11.7 Å². The quantitative estimate of drug-likeness (QED) is 0.714. The lowest BCUT2D eigenvalue weighted by atomic mass is 10.2. The van der Waals surface area contributed by atoms with E-state index in [9.17, 15) is 4.79 Å². The van der Waals surface area contributed by atoms with E-state index in [0.29, 0.717) is 24.7 Å². The Morgan fingerprint density at radius 3 is 2.72 bits per heavy atom. The van der Waals surface area contributed by atoms with Gasteiger partial charge in [-0.15, -0.1) is 10.2 Å². The highest BCUT2D eigenvalue weighted by Gasteiger charge is 2.13. The number of nitrogens with zero attached hydrogens (tertiary/aromatic N) is 3. The zero-order valence-corrected chi connectivity index (χ0v) is 14.2. The first-order chi connectivity index (χ1) is 12.2. The zero-order valence-electron chi connectivity index (χ0n) is 14.2. The van der Waals surface area contributed by atoms with Crippen LogP contribution in [0.5, 0.6) is 5.75 Å². The van der Waals surface area contributed by atoms with Crippen molar-refractivity contribution in [2.75, 3.05) is 7.11 Å². The maximum atomic E-state index is 12.2. The number of methoxy groups -OCH3 is 1. The average Bonchev–Trinajstić information content (AvgIpc) is 3.29. The lowest BCUT2D eigenvalue weighted by molar-refractivity contribution is -0.121. The number of amides is 1. The maximum Gasteiger partial charge on any atom is 0.264 e. The van der Waals surface area contributed by atoms with Gasteiger partial charge in [0.05, 0.1) is 7.11 Å². The molecule has 1 amide bonds. The number of carbonyl (C=O) groups is 1. The van der Waals surface area contributed by atoms with Crippen LogP contribution in [0.15, 0.2) is 47.0 Å². The smallest absolute Gasteiger partial charge is 0.264 e. The van der Waals surface area contributed by atoms with Crippen molar-refractivity contribution in [3.05, 3.63) is 54.0 Å². The van der Waals surface area contributed by atoms with Gasteiger partial charge >= 0.3 is 0 Å². The third kappa shape index (κ3) is 4.06. The van der Waals surface area contributed by atoms with Gasteiger partial charge in [0.15, 0.2) is 0 Å². The minimum atomic E-state index is -0.0940.